The molecule has 0 radical (unpaired) electrons. The van der Waals surface area contributed by atoms with Crippen LogP contribution in [0.25, 0.3) is 5.76 Å². The maximum atomic E-state index is 12.8. The topological polar surface area (TPSA) is 50.7 Å². The van der Waals surface area contributed by atoms with E-state index in [1.54, 1.807) is 6.21 Å². The first-order chi connectivity index (χ1) is 16.8. The molecule has 0 aliphatic carbocycles. The summed E-state index contributed by atoms with van der Waals surface area (Å²) < 4.78 is 6.82. The van der Waals surface area contributed by atoms with Gasteiger partial charge in [0.15, 0.2) is 0 Å². The lowest BCUT2D eigenvalue weighted by atomic mass is 9.55. The summed E-state index contributed by atoms with van der Waals surface area (Å²) in [7, 11) is 0. The number of amides is 1. The summed E-state index contributed by atoms with van der Waals surface area (Å²) in [6.45, 7) is -0.348. The molecule has 4 nitrogen and oxygen atoms in total. The number of nitrogens with one attached hydrogen (secondary N) is 1. The Bertz CT molecular complexity index is 1300. The van der Waals surface area contributed by atoms with Crippen molar-refractivity contribution in [3.8, 4) is 0 Å². The van der Waals surface area contributed by atoms with E-state index in [0.717, 1.165) is 33.4 Å². The molecule has 34 heavy (non-hydrogen) atoms. The third-order valence-electron chi connectivity index (χ3n) is 5.65. The van der Waals surface area contributed by atoms with Crippen LogP contribution in [0.4, 0.5) is 11.4 Å². The predicted octanol–water partition coefficient (Wildman–Crippen LogP) is 4.96. The summed E-state index contributed by atoms with van der Waals surface area (Å²) in [5.74, 6) is 0.544. The zero-order chi connectivity index (χ0) is 23.2. The van der Waals surface area contributed by atoms with Crippen LogP contribution in [-0.4, -0.2) is 19.0 Å². The van der Waals surface area contributed by atoms with Gasteiger partial charge in [-0.15, -0.1) is 0 Å². The zero-order valence-corrected chi connectivity index (χ0v) is 18.6. The monoisotopic (exact) mass is 442 g/mol. The van der Waals surface area contributed by atoms with E-state index in [1.165, 1.54) is 0 Å². The molecule has 1 aliphatic heterocycles. The Morgan fingerprint density at radius 2 is 1.29 bits per heavy atom. The van der Waals surface area contributed by atoms with Gasteiger partial charge in [-0.3, -0.25) is 9.79 Å². The molecule has 5 heteroatoms. The molecule has 1 heterocycles. The summed E-state index contributed by atoms with van der Waals surface area (Å²) in [6, 6.07) is 37.7. The van der Waals surface area contributed by atoms with Crippen molar-refractivity contribution in [3.63, 3.8) is 0 Å². The first-order valence-electron chi connectivity index (χ1n) is 11.3. The first-order valence-corrected chi connectivity index (χ1v) is 11.3. The van der Waals surface area contributed by atoms with Crippen molar-refractivity contribution >= 4 is 47.1 Å². The van der Waals surface area contributed by atoms with Crippen molar-refractivity contribution in [1.82, 2.24) is 0 Å². The van der Waals surface area contributed by atoms with Crippen LogP contribution in [0.5, 0.6) is 0 Å². The van der Waals surface area contributed by atoms with E-state index in [-0.39, 0.29) is 19.2 Å². The molecule has 0 saturated heterocycles. The van der Waals surface area contributed by atoms with E-state index in [0.29, 0.717) is 5.76 Å². The van der Waals surface area contributed by atoms with Gasteiger partial charge in [-0.05, 0) is 35.2 Å². The molecule has 4 aromatic carbocycles. The van der Waals surface area contributed by atoms with Gasteiger partial charge in [-0.1, -0.05) is 91.0 Å². The Morgan fingerprint density at radius 3 is 1.94 bits per heavy atom. The molecule has 0 aromatic heterocycles. The number of benzene rings is 4. The van der Waals surface area contributed by atoms with Gasteiger partial charge in [0.2, 0.25) is 5.91 Å². The fourth-order valence-corrected chi connectivity index (χ4v) is 4.02. The van der Waals surface area contributed by atoms with Crippen molar-refractivity contribution in [1.29, 1.82) is 0 Å². The number of para-hydroxylation sites is 2. The number of nitrogens with zero attached hydrogens (tertiary/aromatic N) is 1. The average molecular weight is 442 g/mol. The maximum Gasteiger partial charge on any atom is 0.426 e. The Morgan fingerprint density at radius 1 is 0.735 bits per heavy atom. The minimum atomic E-state index is -0.348. The normalized spacial score (nSPS) is 13.2. The second kappa shape index (κ2) is 10.0. The van der Waals surface area contributed by atoms with Crippen LogP contribution < -0.4 is 16.2 Å². The zero-order valence-electron chi connectivity index (χ0n) is 18.6. The second-order valence-corrected chi connectivity index (χ2v) is 8.04. The fraction of sp³-hybridized carbons (Fsp3) is 0.0345. The highest BCUT2D eigenvalue weighted by Gasteiger charge is 2.29. The molecule has 0 bridgehead atoms. The maximum absolute atomic E-state index is 12.8. The number of carbonyl (C=O) groups excluding carboxylic acids is 1. The van der Waals surface area contributed by atoms with E-state index in [2.05, 4.69) is 34.6 Å². The lowest BCUT2D eigenvalue weighted by molar-refractivity contribution is -0.115. The largest absolute Gasteiger partial charge is 0.551 e. The van der Waals surface area contributed by atoms with Gasteiger partial charge in [-0.2, -0.15) is 0 Å². The minimum Gasteiger partial charge on any atom is -0.551 e. The number of aliphatic imine (C=N–C) groups is 1. The average Bonchev–Trinajstić information content (AvgIpc) is 3.03. The molecule has 0 saturated carbocycles. The molecule has 0 atom stereocenters. The summed E-state index contributed by atoms with van der Waals surface area (Å²) in [4.78, 5) is 17.4. The molecule has 0 unspecified atom stereocenters. The molecule has 1 amide bonds. The molecule has 5 rings (SSSR count). The van der Waals surface area contributed by atoms with Crippen LogP contribution in [0.1, 0.15) is 12.0 Å². The number of hydrogen-bond donors (Lipinski definition) is 1. The lowest BCUT2D eigenvalue weighted by Crippen LogP contribution is -2.44. The first kappa shape index (κ1) is 21.5. The molecule has 1 aliphatic rings. The van der Waals surface area contributed by atoms with Crippen molar-refractivity contribution in [2.24, 2.45) is 4.99 Å². The SMILES string of the molecule is O=C1CC(C=Nc2ccccc2)=C(OB(c2ccccc2)c2ccccc2)c2ccccc2N1. The van der Waals surface area contributed by atoms with Crippen molar-refractivity contribution in [2.75, 3.05) is 5.32 Å². The van der Waals surface area contributed by atoms with Crippen molar-refractivity contribution in [2.45, 2.75) is 6.42 Å². The van der Waals surface area contributed by atoms with Gasteiger partial charge in [0, 0.05) is 17.4 Å². The number of carbonyl (C=O) groups is 1. The van der Waals surface area contributed by atoms with Crippen molar-refractivity contribution in [3.05, 3.63) is 126 Å². The highest BCUT2D eigenvalue weighted by atomic mass is 16.4. The Hall–Kier alpha value is -4.38. The van der Waals surface area contributed by atoms with E-state index in [9.17, 15) is 4.79 Å². The number of hydrogen-bond acceptors (Lipinski definition) is 3. The van der Waals surface area contributed by atoms with Crippen molar-refractivity contribution < 1.29 is 9.45 Å². The summed E-state index contributed by atoms with van der Waals surface area (Å²) >= 11 is 0. The summed E-state index contributed by atoms with van der Waals surface area (Å²) in [5.41, 5.74) is 5.16. The molecule has 0 spiro atoms. The van der Waals surface area contributed by atoms with Crippen LogP contribution >= 0.6 is 0 Å². The van der Waals surface area contributed by atoms with Gasteiger partial charge >= 0.3 is 6.92 Å². The molecule has 0 fully saturated rings. The predicted molar refractivity (Wildman–Crippen MR) is 140 cm³/mol. The molecule has 1 N–H and O–H groups in total. The second-order valence-electron chi connectivity index (χ2n) is 8.04. The Labute approximate surface area is 199 Å². The van der Waals surface area contributed by atoms with Crippen LogP contribution in [0, 0.1) is 0 Å². The van der Waals surface area contributed by atoms with E-state index in [1.807, 2.05) is 91.0 Å². The quantitative estimate of drug-likeness (QED) is 0.339. The lowest BCUT2D eigenvalue weighted by Gasteiger charge is -2.21. The van der Waals surface area contributed by atoms with Crippen LogP contribution in [0.15, 0.2) is 126 Å². The van der Waals surface area contributed by atoms with E-state index in [4.69, 9.17) is 4.65 Å². The molecule has 164 valence electrons. The molecule has 4 aromatic rings. The van der Waals surface area contributed by atoms with Gasteiger partial charge < -0.3 is 9.97 Å². The smallest absolute Gasteiger partial charge is 0.426 e. The summed E-state index contributed by atoms with van der Waals surface area (Å²) in [6.07, 6.45) is 1.91. The molecular weight excluding hydrogens is 419 g/mol. The Kier molecular flexibility index (Phi) is 6.35. The number of rotatable bonds is 6. The van der Waals surface area contributed by atoms with E-state index >= 15 is 0 Å². The van der Waals surface area contributed by atoms with Gasteiger partial charge in [-0.25, -0.2) is 0 Å². The van der Waals surface area contributed by atoms with Crippen LogP contribution in [0.2, 0.25) is 0 Å². The van der Waals surface area contributed by atoms with E-state index < -0.39 is 0 Å². The Balaban J connectivity index is 1.65. The fourth-order valence-electron chi connectivity index (χ4n) is 4.02. The highest BCUT2D eigenvalue weighted by molar-refractivity contribution is 6.80. The van der Waals surface area contributed by atoms with Gasteiger partial charge in [0.1, 0.15) is 5.76 Å². The number of fused-ring (bicyclic) bond motifs is 1. The van der Waals surface area contributed by atoms with Crippen LogP contribution in [0.3, 0.4) is 0 Å². The number of anilines is 1. The third-order valence-corrected chi connectivity index (χ3v) is 5.65. The molecular formula is C29H23BN2O2. The highest BCUT2D eigenvalue weighted by Crippen LogP contribution is 2.32. The third kappa shape index (κ3) is 4.84. The van der Waals surface area contributed by atoms with Crippen LogP contribution in [-0.2, 0) is 9.45 Å². The standard InChI is InChI=1S/C29H23BN2O2/c33-28-20-22(21-31-25-16-8-3-9-17-25)29(26-18-10-11-19-27(26)32-28)34-30(23-12-4-1-5-13-23)24-14-6-2-7-15-24/h1-19,21H,20H2,(H,32,33). The van der Waals surface area contributed by atoms with Gasteiger partial charge in [0.25, 0.3) is 0 Å². The van der Waals surface area contributed by atoms with Gasteiger partial charge in [0.05, 0.1) is 17.8 Å². The summed E-state index contributed by atoms with van der Waals surface area (Å²) in [5, 5.41) is 3.01. The minimum absolute atomic E-state index is 0.100.